The fourth-order valence-corrected chi connectivity index (χ4v) is 3.97. The second-order valence-corrected chi connectivity index (χ2v) is 8.42. The Morgan fingerprint density at radius 2 is 1.89 bits per heavy atom. The number of ether oxygens (including phenoxy) is 1. The number of hydrogen-bond donors (Lipinski definition) is 1. The summed E-state index contributed by atoms with van der Waals surface area (Å²) in [7, 11) is -2.86. The molecule has 1 saturated heterocycles. The highest BCUT2D eigenvalue weighted by molar-refractivity contribution is 7.89. The number of nitrogens with zero attached hydrogens (tertiary/aromatic N) is 2. The summed E-state index contributed by atoms with van der Waals surface area (Å²) < 4.78 is 43.2. The number of benzene rings is 1. The van der Waals surface area contributed by atoms with Crippen molar-refractivity contribution in [2.75, 3.05) is 26.7 Å². The van der Waals surface area contributed by atoms with E-state index in [9.17, 15) is 27.2 Å². The van der Waals surface area contributed by atoms with Crippen LogP contribution in [0.25, 0.3) is 0 Å². The van der Waals surface area contributed by atoms with E-state index in [0.29, 0.717) is 19.4 Å². The lowest BCUT2D eigenvalue weighted by Gasteiger charge is -2.33. The van der Waals surface area contributed by atoms with E-state index in [2.05, 4.69) is 0 Å². The Morgan fingerprint density at radius 1 is 1.25 bits per heavy atom. The van der Waals surface area contributed by atoms with E-state index in [4.69, 9.17) is 10.5 Å². The zero-order valence-corrected chi connectivity index (χ0v) is 16.2. The van der Waals surface area contributed by atoms with Crippen LogP contribution in [0.3, 0.4) is 0 Å². The van der Waals surface area contributed by atoms with E-state index < -0.39 is 52.8 Å². The average Bonchev–Trinajstić information content (AvgIpc) is 2.66. The van der Waals surface area contributed by atoms with Crippen molar-refractivity contribution in [3.63, 3.8) is 0 Å². The molecule has 11 heteroatoms. The molecule has 0 saturated carbocycles. The fourth-order valence-electron chi connectivity index (χ4n) is 2.85. The first-order chi connectivity index (χ1) is 13.1. The van der Waals surface area contributed by atoms with Gasteiger partial charge < -0.3 is 15.4 Å². The summed E-state index contributed by atoms with van der Waals surface area (Å²) in [6.45, 7) is -0.915. The standard InChI is InChI=1S/C17H22FN3O6S/c1-20(28(25,26)13-7-5-12(18)6-8-13)10-16(23)27-11-15(22)21-9-3-2-4-14(21)17(19)24/h5-8,14H,2-4,9-11H2,1H3,(H2,19,24)/t14-/m1/s1. The third kappa shape index (κ3) is 5.26. The molecular weight excluding hydrogens is 393 g/mol. The largest absolute Gasteiger partial charge is 0.455 e. The smallest absolute Gasteiger partial charge is 0.321 e. The molecule has 1 heterocycles. The lowest BCUT2D eigenvalue weighted by Crippen LogP contribution is -2.51. The summed E-state index contributed by atoms with van der Waals surface area (Å²) in [6.07, 6.45) is 1.93. The van der Waals surface area contributed by atoms with Crippen molar-refractivity contribution in [3.05, 3.63) is 30.1 Å². The quantitative estimate of drug-likeness (QED) is 0.618. The van der Waals surface area contributed by atoms with Crippen molar-refractivity contribution >= 4 is 27.8 Å². The van der Waals surface area contributed by atoms with Gasteiger partial charge in [-0.2, -0.15) is 4.31 Å². The van der Waals surface area contributed by atoms with Crippen molar-refractivity contribution < 1.29 is 31.9 Å². The summed E-state index contributed by atoms with van der Waals surface area (Å²) in [5, 5.41) is 0. The van der Waals surface area contributed by atoms with Crippen molar-refractivity contribution in [2.24, 2.45) is 5.73 Å². The number of carbonyl (C=O) groups is 3. The van der Waals surface area contributed by atoms with E-state index in [-0.39, 0.29) is 4.90 Å². The minimum Gasteiger partial charge on any atom is -0.455 e. The first kappa shape index (κ1) is 21.8. The van der Waals surface area contributed by atoms with Gasteiger partial charge in [0.05, 0.1) is 4.90 Å². The molecule has 1 atom stereocenters. The molecule has 0 aliphatic carbocycles. The first-order valence-electron chi connectivity index (χ1n) is 8.59. The van der Waals surface area contributed by atoms with E-state index in [0.717, 1.165) is 42.0 Å². The van der Waals surface area contributed by atoms with Gasteiger partial charge in [0.15, 0.2) is 6.61 Å². The number of hydrogen-bond acceptors (Lipinski definition) is 6. The number of halogens is 1. The second kappa shape index (κ2) is 9.11. The van der Waals surface area contributed by atoms with Gasteiger partial charge in [0.2, 0.25) is 15.9 Å². The summed E-state index contributed by atoms with van der Waals surface area (Å²) >= 11 is 0. The Kier molecular flexibility index (Phi) is 7.08. The molecule has 9 nitrogen and oxygen atoms in total. The molecule has 0 radical (unpaired) electrons. The van der Waals surface area contributed by atoms with Gasteiger partial charge in [0, 0.05) is 13.6 Å². The minimum absolute atomic E-state index is 0.183. The van der Waals surface area contributed by atoms with Crippen LogP contribution >= 0.6 is 0 Å². The van der Waals surface area contributed by atoms with Gasteiger partial charge >= 0.3 is 5.97 Å². The molecule has 1 aliphatic heterocycles. The summed E-state index contributed by atoms with van der Waals surface area (Å²) in [5.74, 6) is -2.72. The number of esters is 1. The lowest BCUT2D eigenvalue weighted by atomic mass is 10.0. The van der Waals surface area contributed by atoms with Gasteiger partial charge in [-0.05, 0) is 43.5 Å². The molecule has 1 fully saturated rings. The van der Waals surface area contributed by atoms with Crippen LogP contribution in [0.15, 0.2) is 29.2 Å². The molecular formula is C17H22FN3O6S. The number of nitrogens with two attached hydrogens (primary N) is 1. The van der Waals surface area contributed by atoms with Crippen molar-refractivity contribution in [1.82, 2.24) is 9.21 Å². The molecule has 1 aromatic carbocycles. The number of amides is 2. The van der Waals surface area contributed by atoms with Gasteiger partial charge in [-0.1, -0.05) is 0 Å². The summed E-state index contributed by atoms with van der Waals surface area (Å²) in [4.78, 5) is 36.7. The molecule has 28 heavy (non-hydrogen) atoms. The number of piperidine rings is 1. The Labute approximate surface area is 162 Å². The maximum Gasteiger partial charge on any atom is 0.321 e. The van der Waals surface area contributed by atoms with Crippen LogP contribution in [0.5, 0.6) is 0 Å². The van der Waals surface area contributed by atoms with E-state index in [1.807, 2.05) is 0 Å². The zero-order chi connectivity index (χ0) is 20.9. The Balaban J connectivity index is 1.91. The third-order valence-electron chi connectivity index (χ3n) is 4.38. The van der Waals surface area contributed by atoms with Crippen LogP contribution in [0.4, 0.5) is 4.39 Å². The Bertz CT molecular complexity index is 843. The maximum atomic E-state index is 12.9. The van der Waals surface area contributed by atoms with E-state index >= 15 is 0 Å². The second-order valence-electron chi connectivity index (χ2n) is 6.38. The number of primary amides is 1. The Morgan fingerprint density at radius 3 is 2.50 bits per heavy atom. The van der Waals surface area contributed by atoms with Gasteiger partial charge in [-0.25, -0.2) is 12.8 Å². The molecule has 0 spiro atoms. The fraction of sp³-hybridized carbons (Fsp3) is 0.471. The molecule has 154 valence electrons. The van der Waals surface area contributed by atoms with Crippen LogP contribution < -0.4 is 5.73 Å². The highest BCUT2D eigenvalue weighted by atomic mass is 32.2. The monoisotopic (exact) mass is 415 g/mol. The molecule has 2 N–H and O–H groups in total. The van der Waals surface area contributed by atoms with Gasteiger partial charge in [0.25, 0.3) is 5.91 Å². The summed E-state index contributed by atoms with van der Waals surface area (Å²) in [6, 6.07) is 3.41. The minimum atomic E-state index is -4.02. The maximum absolute atomic E-state index is 12.9. The van der Waals surface area contributed by atoms with Crippen molar-refractivity contribution in [1.29, 1.82) is 0 Å². The van der Waals surface area contributed by atoms with Gasteiger partial charge in [-0.15, -0.1) is 0 Å². The number of likely N-dealkylation sites (N-methyl/N-ethyl adjacent to an activating group) is 1. The predicted molar refractivity (Wildman–Crippen MR) is 95.7 cm³/mol. The SMILES string of the molecule is CN(CC(=O)OCC(=O)N1CCCC[C@@H]1C(N)=O)S(=O)(=O)c1ccc(F)cc1. The third-order valence-corrected chi connectivity index (χ3v) is 6.20. The Hall–Kier alpha value is -2.53. The highest BCUT2D eigenvalue weighted by Crippen LogP contribution is 2.17. The molecule has 1 aliphatic rings. The molecule has 2 amide bonds. The normalized spacial score (nSPS) is 17.4. The van der Waals surface area contributed by atoms with E-state index in [1.54, 1.807) is 0 Å². The molecule has 0 unspecified atom stereocenters. The van der Waals surface area contributed by atoms with Crippen LogP contribution in [-0.2, 0) is 29.1 Å². The van der Waals surface area contributed by atoms with Crippen LogP contribution in [0.2, 0.25) is 0 Å². The van der Waals surface area contributed by atoms with Crippen LogP contribution in [0, 0.1) is 5.82 Å². The molecule has 2 rings (SSSR count). The first-order valence-corrected chi connectivity index (χ1v) is 10.0. The number of carbonyl (C=O) groups excluding carboxylic acids is 3. The molecule has 1 aromatic rings. The predicted octanol–water partition coefficient (Wildman–Crippen LogP) is -0.144. The van der Waals surface area contributed by atoms with Gasteiger partial charge in [-0.3, -0.25) is 14.4 Å². The van der Waals surface area contributed by atoms with Crippen LogP contribution in [-0.4, -0.2) is 68.2 Å². The average molecular weight is 415 g/mol. The van der Waals surface area contributed by atoms with Crippen molar-refractivity contribution in [2.45, 2.75) is 30.2 Å². The molecule has 0 aromatic heterocycles. The lowest BCUT2D eigenvalue weighted by molar-refractivity contribution is -0.154. The topological polar surface area (TPSA) is 127 Å². The zero-order valence-electron chi connectivity index (χ0n) is 15.3. The number of sulfonamides is 1. The summed E-state index contributed by atoms with van der Waals surface area (Å²) in [5.41, 5.74) is 5.29. The molecule has 0 bridgehead atoms. The number of likely N-dealkylation sites (tertiary alicyclic amines) is 1. The van der Waals surface area contributed by atoms with Crippen molar-refractivity contribution in [3.8, 4) is 0 Å². The van der Waals surface area contributed by atoms with Gasteiger partial charge in [0.1, 0.15) is 18.4 Å². The van der Waals surface area contributed by atoms with E-state index in [1.165, 1.54) is 4.90 Å². The van der Waals surface area contributed by atoms with Crippen LogP contribution in [0.1, 0.15) is 19.3 Å². The number of rotatable bonds is 7. The highest BCUT2D eigenvalue weighted by Gasteiger charge is 2.31.